The minimum Gasteiger partial charge on any atom is -0.464 e. The van der Waals surface area contributed by atoms with Crippen molar-refractivity contribution in [3.63, 3.8) is 0 Å². The number of nitrogens with zero attached hydrogens (tertiary/aromatic N) is 6. The number of carbonyl (C=O) groups is 1. The maximum Gasteiger partial charge on any atom is 0.435 e. The lowest BCUT2D eigenvalue weighted by atomic mass is 10.4. The molecule has 0 spiro atoms. The van der Waals surface area contributed by atoms with Gasteiger partial charge in [0.15, 0.2) is 17.2 Å². The van der Waals surface area contributed by atoms with Crippen LogP contribution in [0.3, 0.4) is 0 Å². The van der Waals surface area contributed by atoms with Crippen LogP contribution in [-0.2, 0) is 28.8 Å². The Bertz CT molecular complexity index is 919. The van der Waals surface area contributed by atoms with Gasteiger partial charge >= 0.3 is 12.1 Å². The van der Waals surface area contributed by atoms with E-state index in [1.807, 2.05) is 0 Å². The summed E-state index contributed by atoms with van der Waals surface area (Å²) in [4.78, 5) is 23.7. The molecule has 3 aromatic rings. The van der Waals surface area contributed by atoms with Crippen LogP contribution < -0.4 is 5.73 Å². The SMILES string of the molecule is Nc1ncnc2c1ncn2CCCOC(=O)Cn1ccc(C(F)(F)F)n1. The predicted octanol–water partition coefficient (Wildman–Crippen LogP) is 1.26. The van der Waals surface area contributed by atoms with Crippen LogP contribution in [0.5, 0.6) is 0 Å². The first-order valence-corrected chi connectivity index (χ1v) is 7.52. The minimum absolute atomic E-state index is 0.0898. The first-order valence-electron chi connectivity index (χ1n) is 7.52. The lowest BCUT2D eigenvalue weighted by Gasteiger charge is -2.06. The van der Waals surface area contributed by atoms with Gasteiger partial charge in [0, 0.05) is 12.7 Å². The molecule has 0 aliphatic rings. The molecule has 0 aliphatic carbocycles. The Morgan fingerprint density at radius 1 is 1.27 bits per heavy atom. The van der Waals surface area contributed by atoms with E-state index in [1.54, 1.807) is 10.9 Å². The number of nitrogen functional groups attached to an aromatic ring is 1. The van der Waals surface area contributed by atoms with Gasteiger partial charge in [-0.05, 0) is 12.5 Å². The quantitative estimate of drug-likeness (QED) is 0.514. The second-order valence-corrected chi connectivity index (χ2v) is 5.34. The van der Waals surface area contributed by atoms with Gasteiger partial charge in [0.2, 0.25) is 0 Å². The summed E-state index contributed by atoms with van der Waals surface area (Å²) in [6.45, 7) is 0.167. The molecule has 0 saturated carbocycles. The van der Waals surface area contributed by atoms with Gasteiger partial charge in [-0.15, -0.1) is 0 Å². The molecule has 0 saturated heterocycles. The third-order valence-corrected chi connectivity index (χ3v) is 3.46. The van der Waals surface area contributed by atoms with Gasteiger partial charge in [0.05, 0.1) is 12.9 Å². The third kappa shape index (κ3) is 3.90. The number of anilines is 1. The summed E-state index contributed by atoms with van der Waals surface area (Å²) in [5.74, 6) is -0.401. The topological polar surface area (TPSA) is 114 Å². The number of hydrogen-bond donors (Lipinski definition) is 1. The first-order chi connectivity index (χ1) is 12.3. The van der Waals surface area contributed by atoms with Crippen molar-refractivity contribution in [2.45, 2.75) is 25.7 Å². The summed E-state index contributed by atoms with van der Waals surface area (Å²) in [5.41, 5.74) is 5.69. The normalized spacial score (nSPS) is 11.8. The summed E-state index contributed by atoms with van der Waals surface area (Å²) in [5, 5.41) is 3.29. The van der Waals surface area contributed by atoms with E-state index in [0.717, 1.165) is 16.9 Å². The number of nitrogens with two attached hydrogens (primary N) is 1. The van der Waals surface area contributed by atoms with Crippen molar-refractivity contribution in [2.24, 2.45) is 0 Å². The molecule has 3 heterocycles. The van der Waals surface area contributed by atoms with Crippen molar-refractivity contribution in [3.8, 4) is 0 Å². The van der Waals surface area contributed by atoms with Crippen molar-refractivity contribution < 1.29 is 22.7 Å². The number of carbonyl (C=O) groups excluding carboxylic acids is 1. The number of halogens is 3. The van der Waals surface area contributed by atoms with E-state index < -0.39 is 24.4 Å². The van der Waals surface area contributed by atoms with Crippen LogP contribution in [0.1, 0.15) is 12.1 Å². The number of fused-ring (bicyclic) bond motifs is 1. The molecular weight excluding hydrogens is 355 g/mol. The fourth-order valence-corrected chi connectivity index (χ4v) is 2.26. The van der Waals surface area contributed by atoms with E-state index in [1.165, 1.54) is 6.33 Å². The number of rotatable bonds is 6. The highest BCUT2D eigenvalue weighted by Gasteiger charge is 2.33. The number of hydrogen-bond acceptors (Lipinski definition) is 7. The molecule has 0 aliphatic heterocycles. The Labute approximate surface area is 144 Å². The van der Waals surface area contributed by atoms with Crippen LogP contribution in [0.2, 0.25) is 0 Å². The van der Waals surface area contributed by atoms with E-state index in [0.29, 0.717) is 24.1 Å². The monoisotopic (exact) mass is 369 g/mol. The fraction of sp³-hybridized carbons (Fsp3) is 0.357. The molecule has 12 heteroatoms. The molecule has 2 N–H and O–H groups in total. The molecular formula is C14H14F3N7O2. The van der Waals surface area contributed by atoms with Crippen LogP contribution in [0.15, 0.2) is 24.9 Å². The Balaban J connectivity index is 1.46. The van der Waals surface area contributed by atoms with Crippen molar-refractivity contribution in [3.05, 3.63) is 30.6 Å². The van der Waals surface area contributed by atoms with Crippen molar-refractivity contribution in [1.82, 2.24) is 29.3 Å². The molecule has 9 nitrogen and oxygen atoms in total. The average molecular weight is 369 g/mol. The van der Waals surface area contributed by atoms with Gasteiger partial charge in [-0.25, -0.2) is 15.0 Å². The van der Waals surface area contributed by atoms with Crippen LogP contribution in [0.4, 0.5) is 19.0 Å². The van der Waals surface area contributed by atoms with Gasteiger partial charge in [0.25, 0.3) is 0 Å². The highest BCUT2D eigenvalue weighted by atomic mass is 19.4. The van der Waals surface area contributed by atoms with Crippen molar-refractivity contribution in [2.75, 3.05) is 12.3 Å². The fourth-order valence-electron chi connectivity index (χ4n) is 2.26. The van der Waals surface area contributed by atoms with E-state index in [4.69, 9.17) is 10.5 Å². The molecule has 0 bridgehead atoms. The Kier molecular flexibility index (Phi) is 4.73. The van der Waals surface area contributed by atoms with Gasteiger partial charge in [-0.3, -0.25) is 9.48 Å². The molecule has 0 amide bonds. The van der Waals surface area contributed by atoms with Crippen LogP contribution >= 0.6 is 0 Å². The highest BCUT2D eigenvalue weighted by molar-refractivity contribution is 5.81. The number of alkyl halides is 3. The number of aromatic nitrogens is 6. The second-order valence-electron chi connectivity index (χ2n) is 5.34. The smallest absolute Gasteiger partial charge is 0.435 e. The molecule has 26 heavy (non-hydrogen) atoms. The zero-order valence-corrected chi connectivity index (χ0v) is 13.3. The molecule has 3 rings (SSSR count). The summed E-state index contributed by atoms with van der Waals surface area (Å²) in [6.07, 6.45) is -0.120. The predicted molar refractivity (Wildman–Crippen MR) is 82.5 cm³/mol. The molecule has 3 aromatic heterocycles. The van der Waals surface area contributed by atoms with E-state index >= 15 is 0 Å². The molecule has 0 unspecified atom stereocenters. The van der Waals surface area contributed by atoms with E-state index in [2.05, 4.69) is 20.1 Å². The summed E-state index contributed by atoms with van der Waals surface area (Å²) in [7, 11) is 0. The van der Waals surface area contributed by atoms with Crippen LogP contribution in [0, 0.1) is 0 Å². The molecule has 0 radical (unpaired) electrons. The Morgan fingerprint density at radius 3 is 2.81 bits per heavy atom. The Hall–Kier alpha value is -3.18. The number of esters is 1. The van der Waals surface area contributed by atoms with E-state index in [9.17, 15) is 18.0 Å². The number of aryl methyl sites for hydroxylation is 1. The maximum atomic E-state index is 12.4. The van der Waals surface area contributed by atoms with Crippen molar-refractivity contribution >= 4 is 23.0 Å². The summed E-state index contributed by atoms with van der Waals surface area (Å²) < 4.78 is 45.0. The van der Waals surface area contributed by atoms with E-state index in [-0.39, 0.29) is 12.4 Å². The lowest BCUT2D eigenvalue weighted by Crippen LogP contribution is -2.16. The van der Waals surface area contributed by atoms with Crippen molar-refractivity contribution in [1.29, 1.82) is 0 Å². The Morgan fingerprint density at radius 2 is 2.08 bits per heavy atom. The number of imidazole rings is 1. The van der Waals surface area contributed by atoms with Gasteiger partial charge in [0.1, 0.15) is 18.4 Å². The van der Waals surface area contributed by atoms with Crippen LogP contribution in [-0.4, -0.2) is 41.9 Å². The molecule has 0 atom stereocenters. The zero-order valence-electron chi connectivity index (χ0n) is 13.3. The van der Waals surface area contributed by atoms with Crippen LogP contribution in [0.25, 0.3) is 11.2 Å². The second kappa shape index (κ2) is 6.98. The number of ether oxygens (including phenoxy) is 1. The molecule has 0 fully saturated rings. The van der Waals surface area contributed by atoms with Gasteiger partial charge in [-0.2, -0.15) is 18.3 Å². The standard InChI is InChI=1S/C14H14F3N7O2/c15-14(16,17)9-2-4-24(22-9)6-10(25)26-5-1-3-23-8-21-11-12(18)19-7-20-13(11)23/h2,4,7-8H,1,3,5-6H2,(H2,18,19,20). The summed E-state index contributed by atoms with van der Waals surface area (Å²) >= 11 is 0. The summed E-state index contributed by atoms with van der Waals surface area (Å²) in [6, 6.07) is 0.797. The minimum atomic E-state index is -4.55. The van der Waals surface area contributed by atoms with Gasteiger partial charge < -0.3 is 15.0 Å². The maximum absolute atomic E-state index is 12.4. The van der Waals surface area contributed by atoms with Gasteiger partial charge in [-0.1, -0.05) is 0 Å². The zero-order chi connectivity index (χ0) is 18.7. The lowest BCUT2D eigenvalue weighted by molar-refractivity contribution is -0.146. The third-order valence-electron chi connectivity index (χ3n) is 3.46. The first kappa shape index (κ1) is 17.6. The molecule has 138 valence electrons. The highest BCUT2D eigenvalue weighted by Crippen LogP contribution is 2.27. The molecule has 0 aromatic carbocycles. The largest absolute Gasteiger partial charge is 0.464 e. The average Bonchev–Trinajstić information content (AvgIpc) is 3.19.